The van der Waals surface area contributed by atoms with Crippen LogP contribution >= 0.6 is 0 Å². The standard InChI is InChI=1S/C15H22F2N2O/c1-10-9-12(20-2)3-4-13(10)14(19-18)11-5-7-15(16,17)8-6-11/h3-4,9,11,14,19H,5-8,18H2,1-2H3. The third-order valence-electron chi connectivity index (χ3n) is 4.22. The summed E-state index contributed by atoms with van der Waals surface area (Å²) in [4.78, 5) is 0. The number of methoxy groups -OCH3 is 1. The van der Waals surface area contributed by atoms with Crippen molar-refractivity contribution in [3.63, 3.8) is 0 Å². The minimum atomic E-state index is -2.51. The Kier molecular flexibility index (Phi) is 4.60. The van der Waals surface area contributed by atoms with Gasteiger partial charge in [0.1, 0.15) is 5.75 Å². The molecule has 1 unspecified atom stereocenters. The Bertz CT molecular complexity index is 455. The van der Waals surface area contributed by atoms with Gasteiger partial charge in [-0.2, -0.15) is 0 Å². The van der Waals surface area contributed by atoms with Crippen molar-refractivity contribution >= 4 is 0 Å². The van der Waals surface area contributed by atoms with Crippen LogP contribution in [-0.2, 0) is 0 Å². The summed E-state index contributed by atoms with van der Waals surface area (Å²) in [6.45, 7) is 1.99. The van der Waals surface area contributed by atoms with Crippen molar-refractivity contribution in [1.82, 2.24) is 5.43 Å². The van der Waals surface area contributed by atoms with Gasteiger partial charge in [-0.3, -0.25) is 11.3 Å². The van der Waals surface area contributed by atoms with Crippen LogP contribution in [0.2, 0.25) is 0 Å². The van der Waals surface area contributed by atoms with Crippen LogP contribution in [0.4, 0.5) is 8.78 Å². The zero-order chi connectivity index (χ0) is 14.8. The molecule has 0 spiro atoms. The van der Waals surface area contributed by atoms with E-state index in [1.54, 1.807) is 7.11 Å². The van der Waals surface area contributed by atoms with Gasteiger partial charge in [0, 0.05) is 18.9 Å². The fourth-order valence-corrected chi connectivity index (χ4v) is 3.00. The highest BCUT2D eigenvalue weighted by molar-refractivity contribution is 5.37. The number of aryl methyl sites for hydroxylation is 1. The van der Waals surface area contributed by atoms with E-state index in [9.17, 15) is 8.78 Å². The SMILES string of the molecule is COc1ccc(C(NN)C2CCC(F)(F)CC2)c(C)c1. The zero-order valence-electron chi connectivity index (χ0n) is 12.0. The van der Waals surface area contributed by atoms with Crippen LogP contribution in [0.1, 0.15) is 42.9 Å². The second kappa shape index (κ2) is 6.06. The Hall–Kier alpha value is -1.20. The second-order valence-corrected chi connectivity index (χ2v) is 5.56. The van der Waals surface area contributed by atoms with Gasteiger partial charge in [0.2, 0.25) is 5.92 Å². The van der Waals surface area contributed by atoms with Gasteiger partial charge in [-0.25, -0.2) is 8.78 Å². The predicted molar refractivity (Wildman–Crippen MR) is 74.7 cm³/mol. The van der Waals surface area contributed by atoms with E-state index in [0.29, 0.717) is 12.8 Å². The van der Waals surface area contributed by atoms with Crippen LogP contribution in [0, 0.1) is 12.8 Å². The number of hydrazine groups is 1. The summed E-state index contributed by atoms with van der Waals surface area (Å²) in [6, 6.07) is 5.70. The molecule has 0 amide bonds. The zero-order valence-corrected chi connectivity index (χ0v) is 12.0. The smallest absolute Gasteiger partial charge is 0.248 e. The molecule has 0 aromatic heterocycles. The third kappa shape index (κ3) is 3.27. The average Bonchev–Trinajstić information content (AvgIpc) is 2.42. The number of hydrogen-bond acceptors (Lipinski definition) is 3. The number of nitrogens with one attached hydrogen (secondary N) is 1. The largest absolute Gasteiger partial charge is 0.497 e. The molecular formula is C15H22F2N2O. The molecule has 0 bridgehead atoms. The maximum absolute atomic E-state index is 13.3. The van der Waals surface area contributed by atoms with E-state index >= 15 is 0 Å². The molecule has 20 heavy (non-hydrogen) atoms. The number of halogens is 2. The Balaban J connectivity index is 2.16. The second-order valence-electron chi connectivity index (χ2n) is 5.56. The van der Waals surface area contributed by atoms with Crippen LogP contribution in [0.3, 0.4) is 0 Å². The average molecular weight is 284 g/mol. The molecule has 1 aromatic carbocycles. The molecule has 1 aliphatic carbocycles. The summed E-state index contributed by atoms with van der Waals surface area (Å²) < 4.78 is 31.7. The van der Waals surface area contributed by atoms with E-state index in [-0.39, 0.29) is 24.8 Å². The van der Waals surface area contributed by atoms with E-state index in [2.05, 4.69) is 5.43 Å². The molecule has 3 nitrogen and oxygen atoms in total. The van der Waals surface area contributed by atoms with Crippen LogP contribution < -0.4 is 16.0 Å². The molecule has 1 aromatic rings. The number of hydrogen-bond donors (Lipinski definition) is 2. The first-order chi connectivity index (χ1) is 9.46. The van der Waals surface area contributed by atoms with Gasteiger partial charge in [-0.1, -0.05) is 6.07 Å². The molecule has 1 saturated carbocycles. The Morgan fingerprint density at radius 1 is 1.35 bits per heavy atom. The molecule has 0 radical (unpaired) electrons. The highest BCUT2D eigenvalue weighted by atomic mass is 19.3. The van der Waals surface area contributed by atoms with E-state index in [1.165, 1.54) is 0 Å². The Labute approximate surface area is 118 Å². The predicted octanol–water partition coefficient (Wildman–Crippen LogP) is 3.33. The van der Waals surface area contributed by atoms with E-state index in [1.807, 2.05) is 25.1 Å². The summed E-state index contributed by atoms with van der Waals surface area (Å²) in [7, 11) is 1.62. The lowest BCUT2D eigenvalue weighted by Gasteiger charge is -2.34. The summed E-state index contributed by atoms with van der Waals surface area (Å²) in [5.41, 5.74) is 4.93. The first-order valence-electron chi connectivity index (χ1n) is 6.95. The number of rotatable bonds is 4. The van der Waals surface area contributed by atoms with Gasteiger partial charge in [-0.15, -0.1) is 0 Å². The first kappa shape index (κ1) is 15.2. The van der Waals surface area contributed by atoms with Crippen LogP contribution in [0.15, 0.2) is 18.2 Å². The molecule has 3 N–H and O–H groups in total. The molecule has 1 fully saturated rings. The summed E-state index contributed by atoms with van der Waals surface area (Å²) in [5, 5.41) is 0. The molecule has 1 atom stereocenters. The van der Waals surface area contributed by atoms with Crippen molar-refractivity contribution in [2.45, 2.75) is 44.6 Å². The highest BCUT2D eigenvalue weighted by Gasteiger charge is 2.38. The fraction of sp³-hybridized carbons (Fsp3) is 0.600. The van der Waals surface area contributed by atoms with Gasteiger partial charge in [0.15, 0.2) is 0 Å². The Morgan fingerprint density at radius 2 is 2.00 bits per heavy atom. The lowest BCUT2D eigenvalue weighted by molar-refractivity contribution is -0.0498. The summed E-state index contributed by atoms with van der Waals surface area (Å²) in [5.74, 6) is 4.10. The van der Waals surface area contributed by atoms with Crippen molar-refractivity contribution in [3.8, 4) is 5.75 Å². The number of benzene rings is 1. The minimum Gasteiger partial charge on any atom is -0.497 e. The van der Waals surface area contributed by atoms with Gasteiger partial charge >= 0.3 is 0 Å². The number of nitrogens with two attached hydrogens (primary N) is 1. The number of alkyl halides is 2. The molecule has 0 heterocycles. The molecule has 1 aliphatic rings. The van der Waals surface area contributed by atoms with Crippen molar-refractivity contribution in [2.24, 2.45) is 11.8 Å². The maximum Gasteiger partial charge on any atom is 0.248 e. The lowest BCUT2D eigenvalue weighted by atomic mass is 9.79. The van der Waals surface area contributed by atoms with Crippen molar-refractivity contribution in [3.05, 3.63) is 29.3 Å². The van der Waals surface area contributed by atoms with Crippen molar-refractivity contribution in [2.75, 3.05) is 7.11 Å². The topological polar surface area (TPSA) is 47.3 Å². The quantitative estimate of drug-likeness (QED) is 0.658. The lowest BCUT2D eigenvalue weighted by Crippen LogP contribution is -2.37. The minimum absolute atomic E-state index is 0.0505. The number of ether oxygens (including phenoxy) is 1. The van der Waals surface area contributed by atoms with Gasteiger partial charge in [0.25, 0.3) is 0 Å². The summed E-state index contributed by atoms with van der Waals surface area (Å²) in [6.07, 6.45) is 0.886. The molecule has 112 valence electrons. The van der Waals surface area contributed by atoms with Crippen molar-refractivity contribution in [1.29, 1.82) is 0 Å². The highest BCUT2D eigenvalue weighted by Crippen LogP contribution is 2.41. The van der Waals surface area contributed by atoms with E-state index in [4.69, 9.17) is 10.6 Å². The molecule has 5 heteroatoms. The van der Waals surface area contributed by atoms with Gasteiger partial charge < -0.3 is 4.74 Å². The monoisotopic (exact) mass is 284 g/mol. The van der Waals surface area contributed by atoms with E-state index in [0.717, 1.165) is 16.9 Å². The van der Waals surface area contributed by atoms with Gasteiger partial charge in [-0.05, 0) is 48.9 Å². The first-order valence-corrected chi connectivity index (χ1v) is 6.95. The Morgan fingerprint density at radius 3 is 2.50 bits per heavy atom. The third-order valence-corrected chi connectivity index (χ3v) is 4.22. The van der Waals surface area contributed by atoms with E-state index < -0.39 is 5.92 Å². The molecule has 2 rings (SSSR count). The summed E-state index contributed by atoms with van der Waals surface area (Å²) >= 11 is 0. The fourth-order valence-electron chi connectivity index (χ4n) is 3.00. The van der Waals surface area contributed by atoms with Crippen LogP contribution in [-0.4, -0.2) is 13.0 Å². The molecule has 0 aliphatic heterocycles. The van der Waals surface area contributed by atoms with Crippen LogP contribution in [0.5, 0.6) is 5.75 Å². The van der Waals surface area contributed by atoms with Crippen molar-refractivity contribution < 1.29 is 13.5 Å². The molecule has 0 saturated heterocycles. The van der Waals surface area contributed by atoms with Crippen LogP contribution in [0.25, 0.3) is 0 Å². The molecular weight excluding hydrogens is 262 g/mol. The maximum atomic E-state index is 13.3. The van der Waals surface area contributed by atoms with Gasteiger partial charge in [0.05, 0.1) is 7.11 Å². The normalized spacial score (nSPS) is 20.6.